The van der Waals surface area contributed by atoms with E-state index in [1.165, 1.54) is 28.1 Å². The molecule has 174 valence electrons. The summed E-state index contributed by atoms with van der Waals surface area (Å²) in [6, 6.07) is 0.933. The van der Waals surface area contributed by atoms with Gasteiger partial charge in [-0.3, -0.25) is 14.6 Å². The summed E-state index contributed by atoms with van der Waals surface area (Å²) < 4.78 is 70.3. The Morgan fingerprint density at radius 3 is 2.61 bits per heavy atom. The maximum atomic E-state index is 13.5. The fourth-order valence-corrected chi connectivity index (χ4v) is 3.19. The maximum absolute atomic E-state index is 13.5. The summed E-state index contributed by atoms with van der Waals surface area (Å²) in [5, 5.41) is 5.67. The average Bonchev–Trinajstić information content (AvgIpc) is 2.66. The number of alkyl halides is 5. The third-order valence-electron chi connectivity index (χ3n) is 4.60. The normalized spacial score (nSPS) is 17.9. The minimum absolute atomic E-state index is 0.00248. The molecule has 14 heteroatoms. The van der Waals surface area contributed by atoms with E-state index in [9.17, 15) is 31.5 Å². The van der Waals surface area contributed by atoms with Crippen molar-refractivity contribution in [2.24, 2.45) is 4.99 Å². The number of aromatic amines is 1. The highest BCUT2D eigenvalue weighted by Gasteiger charge is 2.35. The summed E-state index contributed by atoms with van der Waals surface area (Å²) in [5.74, 6) is -0.179. The molecule has 1 amide bonds. The van der Waals surface area contributed by atoms with Crippen molar-refractivity contribution in [3.63, 3.8) is 0 Å². The zero-order valence-corrected chi connectivity index (χ0v) is 18.0. The van der Waals surface area contributed by atoms with Gasteiger partial charge in [-0.25, -0.2) is 5.10 Å². The molecule has 0 saturated carbocycles. The number of hydrogen-bond donors (Lipinski definition) is 1. The van der Waals surface area contributed by atoms with Crippen LogP contribution in [0.3, 0.4) is 0 Å². The lowest BCUT2D eigenvalue weighted by Gasteiger charge is -2.37. The number of amidine groups is 1. The topological polar surface area (TPSA) is 90.9 Å². The SMILES string of the molecule is CN=C1CN(C(=O)CCOC(C)c2cc(C(F)(F)P)c(=O)[nH]n2)CCN1CC(F)(F)F. The molecule has 31 heavy (non-hydrogen) atoms. The van der Waals surface area contributed by atoms with Crippen LogP contribution in [0.4, 0.5) is 22.0 Å². The quantitative estimate of drug-likeness (QED) is 0.485. The Morgan fingerprint density at radius 1 is 1.35 bits per heavy atom. The lowest BCUT2D eigenvalue weighted by Crippen LogP contribution is -2.54. The number of aliphatic imine (C=N–C) groups is 1. The molecule has 1 N–H and O–H groups in total. The third-order valence-corrected chi connectivity index (χ3v) is 4.91. The standard InChI is InChI=1S/C17H23F5N5O3P/c1-10(12-7-11(17(21,22)31)15(29)25-24-12)30-6-3-14(28)26-4-5-27(9-16(18,19)20)13(8-26)23-2/h7,10H,3-6,8-9,31H2,1-2H3,(H,25,29). The van der Waals surface area contributed by atoms with Gasteiger partial charge in [-0.1, -0.05) is 9.24 Å². The summed E-state index contributed by atoms with van der Waals surface area (Å²) in [5.41, 5.74) is -5.18. The first-order chi connectivity index (χ1) is 14.3. The van der Waals surface area contributed by atoms with Crippen molar-refractivity contribution >= 4 is 21.0 Å². The van der Waals surface area contributed by atoms with Crippen LogP contribution in [-0.2, 0) is 15.2 Å². The van der Waals surface area contributed by atoms with Gasteiger partial charge in [0.15, 0.2) is 0 Å². The fourth-order valence-electron chi connectivity index (χ4n) is 2.98. The second-order valence-electron chi connectivity index (χ2n) is 6.91. The lowest BCUT2D eigenvalue weighted by molar-refractivity contribution is -0.141. The molecule has 1 aromatic rings. The number of ether oxygens (including phenoxy) is 1. The van der Waals surface area contributed by atoms with Crippen molar-refractivity contribution in [3.05, 3.63) is 27.7 Å². The molecule has 1 aromatic heterocycles. The van der Waals surface area contributed by atoms with E-state index in [-0.39, 0.29) is 50.1 Å². The van der Waals surface area contributed by atoms with Crippen molar-refractivity contribution in [3.8, 4) is 0 Å². The first kappa shape index (κ1) is 25.1. The number of H-pyrrole nitrogens is 1. The Morgan fingerprint density at radius 2 is 2.03 bits per heavy atom. The number of amides is 1. The van der Waals surface area contributed by atoms with Crippen molar-refractivity contribution in [1.82, 2.24) is 20.0 Å². The highest BCUT2D eigenvalue weighted by Crippen LogP contribution is 2.33. The van der Waals surface area contributed by atoms with Crippen LogP contribution in [-0.4, -0.2) is 77.7 Å². The first-order valence-electron chi connectivity index (χ1n) is 9.25. The van der Waals surface area contributed by atoms with E-state index in [0.717, 1.165) is 11.0 Å². The van der Waals surface area contributed by atoms with Crippen LogP contribution < -0.4 is 5.56 Å². The number of aromatic nitrogens is 2. The van der Waals surface area contributed by atoms with Crippen LogP contribution in [0.5, 0.6) is 0 Å². The van der Waals surface area contributed by atoms with Gasteiger partial charge in [-0.05, 0) is 13.0 Å². The molecule has 0 bridgehead atoms. The molecule has 1 aliphatic heterocycles. The molecule has 0 spiro atoms. The van der Waals surface area contributed by atoms with Gasteiger partial charge >= 0.3 is 6.18 Å². The molecule has 1 aliphatic rings. The Bertz CT molecular complexity index is 871. The van der Waals surface area contributed by atoms with Crippen LogP contribution in [0.15, 0.2) is 15.9 Å². The first-order valence-corrected chi connectivity index (χ1v) is 9.83. The van der Waals surface area contributed by atoms with Gasteiger partial charge in [0.05, 0.1) is 36.9 Å². The van der Waals surface area contributed by atoms with Crippen molar-refractivity contribution < 1.29 is 31.5 Å². The van der Waals surface area contributed by atoms with Gasteiger partial charge in [-0.15, -0.1) is 0 Å². The Labute approximate surface area is 177 Å². The van der Waals surface area contributed by atoms with Crippen LogP contribution in [0, 0.1) is 0 Å². The predicted molar refractivity (Wildman–Crippen MR) is 105 cm³/mol. The minimum Gasteiger partial charge on any atom is -0.372 e. The minimum atomic E-state index is -4.37. The fraction of sp³-hybridized carbons (Fsp3) is 0.647. The monoisotopic (exact) mass is 471 g/mol. The van der Waals surface area contributed by atoms with E-state index in [0.29, 0.717) is 0 Å². The predicted octanol–water partition coefficient (Wildman–Crippen LogP) is 1.90. The highest BCUT2D eigenvalue weighted by atomic mass is 31.0. The second-order valence-corrected chi connectivity index (χ2v) is 7.64. The number of carbonyl (C=O) groups is 1. The number of hydrogen-bond acceptors (Lipinski definition) is 5. The summed E-state index contributed by atoms with van der Waals surface area (Å²) in [6.45, 7) is 0.378. The lowest BCUT2D eigenvalue weighted by atomic mass is 10.2. The van der Waals surface area contributed by atoms with Crippen LogP contribution in [0.1, 0.15) is 30.7 Å². The number of piperazine rings is 1. The van der Waals surface area contributed by atoms with Crippen LogP contribution in [0.25, 0.3) is 0 Å². The highest BCUT2D eigenvalue weighted by molar-refractivity contribution is 7.17. The molecule has 2 rings (SSSR count). The van der Waals surface area contributed by atoms with Crippen LogP contribution >= 0.6 is 9.24 Å². The molecule has 8 nitrogen and oxygen atoms in total. The van der Waals surface area contributed by atoms with Crippen LogP contribution in [0.2, 0.25) is 0 Å². The van der Waals surface area contributed by atoms with Gasteiger partial charge in [0, 0.05) is 20.1 Å². The zero-order valence-electron chi connectivity index (χ0n) is 16.9. The molecule has 2 unspecified atom stereocenters. The number of nitrogens with one attached hydrogen (secondary N) is 1. The van der Waals surface area contributed by atoms with E-state index >= 15 is 0 Å². The molecule has 0 aromatic carbocycles. The van der Waals surface area contributed by atoms with E-state index in [1.807, 2.05) is 5.10 Å². The molecule has 1 saturated heterocycles. The van der Waals surface area contributed by atoms with E-state index in [2.05, 4.69) is 10.1 Å². The third kappa shape index (κ3) is 7.20. The van der Waals surface area contributed by atoms with E-state index in [1.54, 1.807) is 0 Å². The van der Waals surface area contributed by atoms with E-state index < -0.39 is 35.6 Å². The van der Waals surface area contributed by atoms with Gasteiger partial charge in [0.2, 0.25) is 5.91 Å². The number of nitrogens with zero attached hydrogens (tertiary/aromatic N) is 4. The number of carbonyl (C=O) groups excluding carboxylic acids is 1. The zero-order chi connectivity index (χ0) is 23.4. The second kappa shape index (κ2) is 9.99. The molecular formula is C17H23F5N5O3P. The summed E-state index contributed by atoms with van der Waals surface area (Å²) in [4.78, 5) is 30.2. The number of halogens is 5. The smallest absolute Gasteiger partial charge is 0.372 e. The molecular weight excluding hydrogens is 448 g/mol. The largest absolute Gasteiger partial charge is 0.405 e. The summed E-state index contributed by atoms with van der Waals surface area (Å²) >= 11 is 0. The van der Waals surface area contributed by atoms with Gasteiger partial charge < -0.3 is 14.5 Å². The Balaban J connectivity index is 1.89. The Hall–Kier alpha value is -2.14. The van der Waals surface area contributed by atoms with Gasteiger partial charge in [-0.2, -0.15) is 27.1 Å². The summed E-state index contributed by atoms with van der Waals surface area (Å²) in [6.07, 6.45) is -5.23. The average molecular weight is 471 g/mol. The van der Waals surface area contributed by atoms with Gasteiger partial charge in [0.25, 0.3) is 11.2 Å². The molecule has 0 aliphatic carbocycles. The molecule has 2 heterocycles. The van der Waals surface area contributed by atoms with Crippen molar-refractivity contribution in [2.45, 2.75) is 31.3 Å². The summed E-state index contributed by atoms with van der Waals surface area (Å²) in [7, 11) is 2.63. The van der Waals surface area contributed by atoms with E-state index in [4.69, 9.17) is 4.74 Å². The van der Waals surface area contributed by atoms with Crippen molar-refractivity contribution in [2.75, 3.05) is 39.8 Å². The molecule has 1 fully saturated rings. The Kier molecular flexibility index (Phi) is 8.09. The van der Waals surface area contributed by atoms with Crippen molar-refractivity contribution in [1.29, 1.82) is 0 Å². The van der Waals surface area contributed by atoms with Gasteiger partial charge in [0.1, 0.15) is 12.4 Å². The molecule has 0 radical (unpaired) electrons. The molecule has 2 atom stereocenters. The maximum Gasteiger partial charge on any atom is 0.405 e. The number of rotatable bonds is 7.